The van der Waals surface area contributed by atoms with Crippen LogP contribution >= 0.6 is 23.1 Å². The van der Waals surface area contributed by atoms with Gasteiger partial charge in [0.25, 0.3) is 0 Å². The molecule has 1 heterocycles. The zero-order valence-electron chi connectivity index (χ0n) is 10.0. The first-order valence-electron chi connectivity index (χ1n) is 5.56. The third kappa shape index (κ3) is 3.01. The monoisotopic (exact) mass is 258 g/mol. The molecule has 0 saturated carbocycles. The van der Waals surface area contributed by atoms with E-state index in [9.17, 15) is 4.79 Å². The standard InChI is InChI=1S/C12H18O2S2/c1-4-6-7-15-12-10(8-13)9(5-2)11(14-3)16-12/h8H,4-7H2,1-3H3. The number of carbonyl (C=O) groups excluding carboxylic acids is 1. The Bertz CT molecular complexity index is 345. The Morgan fingerprint density at radius 2 is 2.19 bits per heavy atom. The third-order valence-corrected chi connectivity index (χ3v) is 4.95. The van der Waals surface area contributed by atoms with Gasteiger partial charge < -0.3 is 4.74 Å². The minimum absolute atomic E-state index is 0.838. The van der Waals surface area contributed by atoms with Crippen LogP contribution in [0.2, 0.25) is 0 Å². The van der Waals surface area contributed by atoms with Gasteiger partial charge in [0.15, 0.2) is 11.3 Å². The fraction of sp³-hybridized carbons (Fsp3) is 0.583. The molecule has 0 amide bonds. The van der Waals surface area contributed by atoms with Crippen LogP contribution in [0.1, 0.15) is 42.6 Å². The van der Waals surface area contributed by atoms with Crippen molar-refractivity contribution in [2.24, 2.45) is 0 Å². The van der Waals surface area contributed by atoms with Crippen molar-refractivity contribution < 1.29 is 9.53 Å². The highest BCUT2D eigenvalue weighted by atomic mass is 32.2. The fourth-order valence-corrected chi connectivity index (χ4v) is 4.04. The molecule has 0 bridgehead atoms. The molecule has 0 atom stereocenters. The fourth-order valence-electron chi connectivity index (χ4n) is 1.47. The van der Waals surface area contributed by atoms with Gasteiger partial charge in [-0.05, 0) is 18.6 Å². The highest BCUT2D eigenvalue weighted by Gasteiger charge is 2.16. The molecule has 0 radical (unpaired) electrons. The second-order valence-corrected chi connectivity index (χ2v) is 5.79. The molecule has 2 nitrogen and oxygen atoms in total. The second kappa shape index (κ2) is 6.97. The molecule has 1 aromatic rings. The van der Waals surface area contributed by atoms with Gasteiger partial charge in [-0.3, -0.25) is 4.79 Å². The van der Waals surface area contributed by atoms with E-state index in [4.69, 9.17) is 4.74 Å². The zero-order chi connectivity index (χ0) is 12.0. The Morgan fingerprint density at radius 3 is 2.69 bits per heavy atom. The average molecular weight is 258 g/mol. The van der Waals surface area contributed by atoms with Crippen LogP contribution in [0.4, 0.5) is 0 Å². The van der Waals surface area contributed by atoms with Gasteiger partial charge in [0, 0.05) is 11.1 Å². The number of thiophene rings is 1. The summed E-state index contributed by atoms with van der Waals surface area (Å²) in [6.45, 7) is 4.23. The predicted octanol–water partition coefficient (Wildman–Crippen LogP) is 4.02. The van der Waals surface area contributed by atoms with Gasteiger partial charge in [-0.15, -0.1) is 11.8 Å². The summed E-state index contributed by atoms with van der Waals surface area (Å²) < 4.78 is 6.42. The van der Waals surface area contributed by atoms with Crippen LogP contribution in [0.25, 0.3) is 0 Å². The topological polar surface area (TPSA) is 26.3 Å². The van der Waals surface area contributed by atoms with Crippen LogP contribution in [-0.4, -0.2) is 19.1 Å². The van der Waals surface area contributed by atoms with Crippen LogP contribution < -0.4 is 4.74 Å². The second-order valence-electron chi connectivity index (χ2n) is 3.45. The first-order chi connectivity index (χ1) is 7.78. The number of aldehydes is 1. The molecule has 4 heteroatoms. The van der Waals surface area contributed by atoms with Gasteiger partial charge in [-0.25, -0.2) is 0 Å². The Hall–Kier alpha value is -0.480. The predicted molar refractivity (Wildman–Crippen MR) is 71.3 cm³/mol. The summed E-state index contributed by atoms with van der Waals surface area (Å²) in [5.74, 6) is 1.07. The summed E-state index contributed by atoms with van der Waals surface area (Å²) in [7, 11) is 1.67. The van der Waals surface area contributed by atoms with Crippen LogP contribution in [0.3, 0.4) is 0 Å². The number of hydrogen-bond acceptors (Lipinski definition) is 4. The summed E-state index contributed by atoms with van der Waals surface area (Å²) in [6, 6.07) is 0. The summed E-state index contributed by atoms with van der Waals surface area (Å²) in [4.78, 5) is 11.1. The van der Waals surface area contributed by atoms with Crippen LogP contribution in [0, 0.1) is 0 Å². The highest BCUT2D eigenvalue weighted by Crippen LogP contribution is 2.40. The van der Waals surface area contributed by atoms with Gasteiger partial charge in [-0.2, -0.15) is 0 Å². The molecule has 16 heavy (non-hydrogen) atoms. The zero-order valence-corrected chi connectivity index (χ0v) is 11.7. The van der Waals surface area contributed by atoms with E-state index in [1.165, 1.54) is 12.8 Å². The number of rotatable bonds is 7. The van der Waals surface area contributed by atoms with Crippen LogP contribution in [-0.2, 0) is 6.42 Å². The molecule has 0 aliphatic rings. The molecule has 1 aromatic heterocycles. The first-order valence-corrected chi connectivity index (χ1v) is 7.36. The van der Waals surface area contributed by atoms with Gasteiger partial charge in [0.05, 0.1) is 11.3 Å². The molecule has 0 saturated heterocycles. The van der Waals surface area contributed by atoms with Gasteiger partial charge in [-0.1, -0.05) is 31.6 Å². The Kier molecular flexibility index (Phi) is 5.91. The lowest BCUT2D eigenvalue weighted by atomic mass is 10.1. The maximum atomic E-state index is 11.1. The summed E-state index contributed by atoms with van der Waals surface area (Å²) in [5, 5.41) is 0.892. The van der Waals surface area contributed by atoms with Crippen molar-refractivity contribution >= 4 is 29.4 Å². The van der Waals surface area contributed by atoms with Crippen molar-refractivity contribution in [3.63, 3.8) is 0 Å². The van der Waals surface area contributed by atoms with E-state index in [0.29, 0.717) is 0 Å². The molecule has 0 spiro atoms. The number of methoxy groups -OCH3 is 1. The number of hydrogen-bond donors (Lipinski definition) is 0. The minimum atomic E-state index is 0.838. The van der Waals surface area contributed by atoms with Gasteiger partial charge in [0.1, 0.15) is 0 Å². The van der Waals surface area contributed by atoms with Crippen molar-refractivity contribution in [1.29, 1.82) is 0 Å². The highest BCUT2D eigenvalue weighted by molar-refractivity contribution is 8.01. The number of thioether (sulfide) groups is 1. The third-order valence-electron chi connectivity index (χ3n) is 2.36. The van der Waals surface area contributed by atoms with Crippen molar-refractivity contribution in [3.8, 4) is 5.06 Å². The Balaban J connectivity index is 2.90. The molecule has 0 aromatic carbocycles. The molecule has 0 fully saturated rings. The lowest BCUT2D eigenvalue weighted by Gasteiger charge is -1.99. The normalized spacial score (nSPS) is 10.4. The maximum absolute atomic E-state index is 11.1. The summed E-state index contributed by atoms with van der Waals surface area (Å²) >= 11 is 3.36. The van der Waals surface area contributed by atoms with Crippen LogP contribution in [0.5, 0.6) is 5.06 Å². The van der Waals surface area contributed by atoms with Gasteiger partial charge >= 0.3 is 0 Å². The van der Waals surface area contributed by atoms with Crippen molar-refractivity contribution in [1.82, 2.24) is 0 Å². The van der Waals surface area contributed by atoms with Crippen LogP contribution in [0.15, 0.2) is 4.21 Å². The molecular formula is C12H18O2S2. The Morgan fingerprint density at radius 1 is 1.44 bits per heavy atom. The number of ether oxygens (including phenoxy) is 1. The van der Waals surface area contributed by atoms with Crippen molar-refractivity contribution in [2.75, 3.05) is 12.9 Å². The maximum Gasteiger partial charge on any atom is 0.178 e. The number of unbranched alkanes of at least 4 members (excludes halogenated alkanes) is 1. The van der Waals surface area contributed by atoms with E-state index in [0.717, 1.165) is 38.9 Å². The Labute approximate surface area is 105 Å². The number of carbonyl (C=O) groups is 1. The van der Waals surface area contributed by atoms with E-state index in [1.807, 2.05) is 0 Å². The largest absolute Gasteiger partial charge is 0.487 e. The van der Waals surface area contributed by atoms with E-state index in [-0.39, 0.29) is 0 Å². The van der Waals surface area contributed by atoms with E-state index in [1.54, 1.807) is 30.2 Å². The lowest BCUT2D eigenvalue weighted by Crippen LogP contribution is -1.90. The van der Waals surface area contributed by atoms with E-state index >= 15 is 0 Å². The average Bonchev–Trinajstić information content (AvgIpc) is 2.66. The van der Waals surface area contributed by atoms with E-state index in [2.05, 4.69) is 13.8 Å². The molecule has 0 aliphatic carbocycles. The summed E-state index contributed by atoms with van der Waals surface area (Å²) in [5.41, 5.74) is 1.90. The minimum Gasteiger partial charge on any atom is -0.487 e. The van der Waals surface area contributed by atoms with E-state index < -0.39 is 0 Å². The molecule has 1 rings (SSSR count). The van der Waals surface area contributed by atoms with Crippen molar-refractivity contribution in [2.45, 2.75) is 37.3 Å². The molecule has 0 N–H and O–H groups in total. The van der Waals surface area contributed by atoms with Gasteiger partial charge in [0.2, 0.25) is 0 Å². The SMILES string of the molecule is CCCCSc1sc(OC)c(CC)c1C=O. The quantitative estimate of drug-likeness (QED) is 0.420. The summed E-state index contributed by atoms with van der Waals surface area (Å²) in [6.07, 6.45) is 4.19. The molecule has 0 aliphatic heterocycles. The molecular weight excluding hydrogens is 240 g/mol. The lowest BCUT2D eigenvalue weighted by molar-refractivity contribution is 0.112. The van der Waals surface area contributed by atoms with Crippen molar-refractivity contribution in [3.05, 3.63) is 11.1 Å². The smallest absolute Gasteiger partial charge is 0.178 e. The molecule has 0 unspecified atom stereocenters. The first kappa shape index (κ1) is 13.6. The molecule has 90 valence electrons.